The summed E-state index contributed by atoms with van der Waals surface area (Å²) < 4.78 is 27.1. The van der Waals surface area contributed by atoms with Crippen molar-refractivity contribution in [3.05, 3.63) is 66.2 Å². The van der Waals surface area contributed by atoms with Crippen LogP contribution in [0, 0.1) is 0 Å². The van der Waals surface area contributed by atoms with Crippen LogP contribution in [-0.4, -0.2) is 72.8 Å². The number of likely N-dealkylation sites (N-methyl/N-ethyl adjacent to an activating group) is 1. The van der Waals surface area contributed by atoms with Gasteiger partial charge >= 0.3 is 0 Å². The maximum absolute atomic E-state index is 13.0. The summed E-state index contributed by atoms with van der Waals surface area (Å²) in [5.74, 6) is 0. The van der Waals surface area contributed by atoms with E-state index in [4.69, 9.17) is 0 Å². The predicted octanol–water partition coefficient (Wildman–Crippen LogP) is 2.23. The Morgan fingerprint density at radius 3 is 2.19 bits per heavy atom. The minimum absolute atomic E-state index is 0.0335. The molecular weight excluding hydrogens is 412 g/mol. The van der Waals surface area contributed by atoms with E-state index in [1.165, 1.54) is 34.8 Å². The van der Waals surface area contributed by atoms with Crippen LogP contribution in [0.4, 0.5) is 0 Å². The Balaban J connectivity index is 1.48. The molecule has 1 heterocycles. The topological polar surface area (TPSA) is 81.1 Å². The van der Waals surface area contributed by atoms with Gasteiger partial charge < -0.3 is 15.1 Å². The summed E-state index contributed by atoms with van der Waals surface area (Å²) in [7, 11) is -1.81. The molecule has 1 saturated heterocycles. The Kier molecular flexibility index (Phi) is 6.25. The summed E-state index contributed by atoms with van der Waals surface area (Å²) in [6.07, 6.45) is 3.41. The lowest BCUT2D eigenvalue weighted by Crippen LogP contribution is -2.52. The normalized spacial score (nSPS) is 26.5. The fourth-order valence-corrected chi connectivity index (χ4v) is 6.87. The molecule has 0 radical (unpaired) electrons. The van der Waals surface area contributed by atoms with Gasteiger partial charge in [-0.2, -0.15) is 4.31 Å². The third kappa shape index (κ3) is 4.43. The summed E-state index contributed by atoms with van der Waals surface area (Å²) in [6, 6.07) is 18.7. The van der Waals surface area contributed by atoms with E-state index in [9.17, 15) is 18.6 Å². The Hall–Kier alpha value is -1.77. The summed E-state index contributed by atoms with van der Waals surface area (Å²) in [5.41, 5.74) is -0.162. The van der Waals surface area contributed by atoms with Crippen molar-refractivity contribution in [1.82, 2.24) is 9.21 Å². The molecule has 6 nitrogen and oxygen atoms in total. The van der Waals surface area contributed by atoms with Crippen molar-refractivity contribution in [1.29, 1.82) is 0 Å². The summed E-state index contributed by atoms with van der Waals surface area (Å²) in [5, 5.41) is 21.9. The molecule has 1 saturated carbocycles. The van der Waals surface area contributed by atoms with Crippen molar-refractivity contribution >= 4 is 10.0 Å². The highest BCUT2D eigenvalue weighted by Crippen LogP contribution is 2.42. The van der Waals surface area contributed by atoms with Crippen LogP contribution < -0.4 is 0 Å². The lowest BCUT2D eigenvalue weighted by atomic mass is 9.78. The van der Waals surface area contributed by atoms with Crippen molar-refractivity contribution in [2.45, 2.75) is 47.7 Å². The number of sulfonamides is 1. The predicted molar refractivity (Wildman–Crippen MR) is 120 cm³/mol. The SMILES string of the molecule is CN(CC1(c2ccccc2)CCCC1)C[C@]1(O)CN(S(=O)(=O)c2ccccc2)C[C@H]1O. The van der Waals surface area contributed by atoms with Crippen molar-refractivity contribution in [3.8, 4) is 0 Å². The number of hydrogen-bond donors (Lipinski definition) is 2. The molecule has 0 amide bonds. The molecule has 0 aromatic heterocycles. The van der Waals surface area contributed by atoms with Gasteiger partial charge in [-0.15, -0.1) is 0 Å². The fraction of sp³-hybridized carbons (Fsp3) is 0.500. The zero-order chi connectivity index (χ0) is 22.1. The molecule has 7 heteroatoms. The zero-order valence-corrected chi connectivity index (χ0v) is 18.8. The highest BCUT2D eigenvalue weighted by atomic mass is 32.2. The van der Waals surface area contributed by atoms with Crippen molar-refractivity contribution in [3.63, 3.8) is 0 Å². The lowest BCUT2D eigenvalue weighted by molar-refractivity contribution is -0.0596. The number of nitrogens with zero attached hydrogens (tertiary/aromatic N) is 2. The molecule has 2 atom stereocenters. The summed E-state index contributed by atoms with van der Waals surface area (Å²) in [6.45, 7) is 0.751. The van der Waals surface area contributed by atoms with E-state index in [1.807, 2.05) is 13.1 Å². The van der Waals surface area contributed by atoms with E-state index in [2.05, 4.69) is 29.2 Å². The van der Waals surface area contributed by atoms with Crippen LogP contribution in [-0.2, 0) is 15.4 Å². The first-order valence-electron chi connectivity index (χ1n) is 11.0. The van der Waals surface area contributed by atoms with Crippen LogP contribution >= 0.6 is 0 Å². The minimum Gasteiger partial charge on any atom is -0.389 e. The molecule has 4 rings (SSSR count). The number of hydrogen-bond acceptors (Lipinski definition) is 5. The monoisotopic (exact) mass is 444 g/mol. The van der Waals surface area contributed by atoms with Gasteiger partial charge in [-0.25, -0.2) is 8.42 Å². The van der Waals surface area contributed by atoms with Gasteiger partial charge in [0, 0.05) is 31.6 Å². The summed E-state index contributed by atoms with van der Waals surface area (Å²) in [4.78, 5) is 2.23. The second-order valence-electron chi connectivity index (χ2n) is 9.26. The number of β-amino-alcohol motifs (C(OH)–C–C–N with tert-alkyl or cyclic N) is 2. The highest BCUT2D eigenvalue weighted by Gasteiger charge is 2.49. The quantitative estimate of drug-likeness (QED) is 0.685. The van der Waals surface area contributed by atoms with E-state index in [1.54, 1.807) is 18.2 Å². The third-order valence-corrected chi connectivity index (χ3v) is 8.72. The second kappa shape index (κ2) is 8.64. The molecule has 2 aromatic rings. The van der Waals surface area contributed by atoms with E-state index >= 15 is 0 Å². The van der Waals surface area contributed by atoms with Crippen molar-refractivity contribution < 1.29 is 18.6 Å². The molecule has 2 aliphatic rings. The van der Waals surface area contributed by atoms with Gasteiger partial charge in [-0.3, -0.25) is 0 Å². The van der Waals surface area contributed by atoms with Crippen LogP contribution in [0.25, 0.3) is 0 Å². The first kappa shape index (κ1) is 22.4. The fourth-order valence-electron chi connectivity index (χ4n) is 5.34. The molecule has 2 fully saturated rings. The van der Waals surface area contributed by atoms with Gasteiger partial charge in [-0.1, -0.05) is 61.4 Å². The van der Waals surface area contributed by atoms with Crippen LogP contribution in [0.1, 0.15) is 31.2 Å². The smallest absolute Gasteiger partial charge is 0.243 e. The van der Waals surface area contributed by atoms with E-state index < -0.39 is 21.7 Å². The third-order valence-electron chi connectivity index (χ3n) is 6.89. The summed E-state index contributed by atoms with van der Waals surface area (Å²) >= 11 is 0. The molecule has 168 valence electrons. The number of aliphatic hydroxyl groups excluding tert-OH is 1. The maximum atomic E-state index is 13.0. The molecule has 0 unspecified atom stereocenters. The van der Waals surface area contributed by atoms with Gasteiger partial charge in [0.2, 0.25) is 10.0 Å². The number of aliphatic hydroxyl groups is 2. The Labute approximate surface area is 185 Å². The maximum Gasteiger partial charge on any atom is 0.243 e. The van der Waals surface area contributed by atoms with Crippen LogP contribution in [0.2, 0.25) is 0 Å². The molecule has 31 heavy (non-hydrogen) atoms. The van der Waals surface area contributed by atoms with E-state index in [0.717, 1.165) is 19.4 Å². The average molecular weight is 445 g/mol. The van der Waals surface area contributed by atoms with Gasteiger partial charge in [-0.05, 0) is 37.6 Å². The average Bonchev–Trinajstić information content (AvgIpc) is 3.35. The Morgan fingerprint density at radius 2 is 1.58 bits per heavy atom. The number of rotatable bonds is 7. The largest absolute Gasteiger partial charge is 0.389 e. The first-order chi connectivity index (χ1) is 14.8. The van der Waals surface area contributed by atoms with Gasteiger partial charge in [0.15, 0.2) is 0 Å². The molecule has 2 N–H and O–H groups in total. The van der Waals surface area contributed by atoms with Gasteiger partial charge in [0.1, 0.15) is 5.60 Å². The molecule has 1 aliphatic heterocycles. The number of benzene rings is 2. The van der Waals surface area contributed by atoms with Gasteiger partial charge in [0.25, 0.3) is 0 Å². The van der Waals surface area contributed by atoms with Crippen LogP contribution in [0.15, 0.2) is 65.6 Å². The van der Waals surface area contributed by atoms with Crippen molar-refractivity contribution in [2.75, 3.05) is 33.2 Å². The molecule has 1 aliphatic carbocycles. The lowest BCUT2D eigenvalue weighted by Gasteiger charge is -2.38. The highest BCUT2D eigenvalue weighted by molar-refractivity contribution is 7.89. The first-order valence-corrected chi connectivity index (χ1v) is 12.4. The molecule has 0 bridgehead atoms. The van der Waals surface area contributed by atoms with Crippen LogP contribution in [0.5, 0.6) is 0 Å². The van der Waals surface area contributed by atoms with Gasteiger partial charge in [0.05, 0.1) is 11.0 Å². The Morgan fingerprint density at radius 1 is 1.00 bits per heavy atom. The Bertz CT molecular complexity index is 977. The standard InChI is InChI=1S/C24H32N2O4S/c1-25(17-23(14-8-9-15-23)20-10-4-2-5-11-20)18-24(28)19-26(16-22(24)27)31(29,30)21-12-6-3-7-13-21/h2-7,10-13,22,27-28H,8-9,14-19H2,1H3/t22-,24+/m1/s1. The molecule has 0 spiro atoms. The zero-order valence-electron chi connectivity index (χ0n) is 18.0. The van der Waals surface area contributed by atoms with E-state index in [-0.39, 0.29) is 29.9 Å². The van der Waals surface area contributed by atoms with E-state index in [0.29, 0.717) is 0 Å². The van der Waals surface area contributed by atoms with Crippen molar-refractivity contribution in [2.24, 2.45) is 0 Å². The molecular formula is C24H32N2O4S. The van der Waals surface area contributed by atoms with Crippen LogP contribution in [0.3, 0.4) is 0 Å². The minimum atomic E-state index is -3.76. The second-order valence-corrected chi connectivity index (χ2v) is 11.2. The molecule has 2 aromatic carbocycles.